The molecule has 0 unspecified atom stereocenters. The van der Waals surface area contributed by atoms with Gasteiger partial charge in [0.1, 0.15) is 0 Å². The molecule has 4 heteroatoms. The molecule has 0 aliphatic carbocycles. The van der Waals surface area contributed by atoms with E-state index in [1.54, 1.807) is 23.1 Å². The van der Waals surface area contributed by atoms with Crippen molar-refractivity contribution in [1.29, 1.82) is 0 Å². The number of hydrogen-bond acceptors (Lipinski definition) is 3. The van der Waals surface area contributed by atoms with Crippen LogP contribution in [0.3, 0.4) is 0 Å². The van der Waals surface area contributed by atoms with E-state index < -0.39 is 0 Å². The van der Waals surface area contributed by atoms with Gasteiger partial charge in [-0.15, -0.1) is 0 Å². The highest BCUT2D eigenvalue weighted by molar-refractivity contribution is 5.96. The maximum atomic E-state index is 12.1. The van der Waals surface area contributed by atoms with Crippen molar-refractivity contribution in [3.8, 4) is 0 Å². The van der Waals surface area contributed by atoms with Crippen molar-refractivity contribution >= 4 is 17.3 Å². The van der Waals surface area contributed by atoms with Crippen LogP contribution >= 0.6 is 0 Å². The Balaban J connectivity index is 2.94. The fraction of sp³-hybridized carbons (Fsp3) is 0.417. The number of nitrogen functional groups attached to an aromatic ring is 2. The van der Waals surface area contributed by atoms with E-state index in [1.807, 2.05) is 13.8 Å². The Labute approximate surface area is 96.2 Å². The van der Waals surface area contributed by atoms with Crippen LogP contribution in [0.25, 0.3) is 0 Å². The molecule has 1 aromatic carbocycles. The van der Waals surface area contributed by atoms with Crippen molar-refractivity contribution < 1.29 is 4.79 Å². The zero-order chi connectivity index (χ0) is 12.1. The lowest BCUT2D eigenvalue weighted by molar-refractivity contribution is 0.0764. The monoisotopic (exact) mass is 221 g/mol. The maximum Gasteiger partial charge on any atom is 0.253 e. The number of rotatable bonds is 4. The second kappa shape index (κ2) is 5.39. The van der Waals surface area contributed by atoms with E-state index in [-0.39, 0.29) is 5.91 Å². The summed E-state index contributed by atoms with van der Waals surface area (Å²) in [6.07, 6.45) is 0.942. The van der Waals surface area contributed by atoms with Crippen LogP contribution in [-0.2, 0) is 0 Å². The van der Waals surface area contributed by atoms with E-state index in [1.165, 1.54) is 0 Å². The molecule has 0 radical (unpaired) electrons. The summed E-state index contributed by atoms with van der Waals surface area (Å²) >= 11 is 0. The molecule has 88 valence electrons. The molecule has 0 aliphatic rings. The van der Waals surface area contributed by atoms with Gasteiger partial charge in [-0.05, 0) is 31.5 Å². The second-order valence-electron chi connectivity index (χ2n) is 3.77. The molecular weight excluding hydrogens is 202 g/mol. The van der Waals surface area contributed by atoms with Crippen LogP contribution in [0, 0.1) is 0 Å². The lowest BCUT2D eigenvalue weighted by atomic mass is 10.1. The van der Waals surface area contributed by atoms with E-state index in [9.17, 15) is 4.79 Å². The van der Waals surface area contributed by atoms with E-state index >= 15 is 0 Å². The Bertz CT molecular complexity index is 356. The zero-order valence-electron chi connectivity index (χ0n) is 9.86. The van der Waals surface area contributed by atoms with Crippen molar-refractivity contribution in [2.24, 2.45) is 0 Å². The first-order chi connectivity index (χ1) is 7.58. The number of benzene rings is 1. The minimum absolute atomic E-state index is 0.0108. The van der Waals surface area contributed by atoms with E-state index in [0.717, 1.165) is 13.0 Å². The van der Waals surface area contributed by atoms with Gasteiger partial charge < -0.3 is 16.4 Å². The molecular formula is C12H19N3O. The fourth-order valence-electron chi connectivity index (χ4n) is 1.66. The van der Waals surface area contributed by atoms with Crippen LogP contribution in [0.1, 0.15) is 30.6 Å². The number of nitrogens with two attached hydrogens (primary N) is 2. The average molecular weight is 221 g/mol. The van der Waals surface area contributed by atoms with Crippen molar-refractivity contribution in [3.05, 3.63) is 23.8 Å². The molecule has 0 aromatic heterocycles. The van der Waals surface area contributed by atoms with Gasteiger partial charge in [0.2, 0.25) is 0 Å². The van der Waals surface area contributed by atoms with Crippen LogP contribution in [-0.4, -0.2) is 23.9 Å². The minimum Gasteiger partial charge on any atom is -0.399 e. The lowest BCUT2D eigenvalue weighted by Gasteiger charge is -2.20. The molecule has 4 nitrogen and oxygen atoms in total. The third kappa shape index (κ3) is 2.89. The molecule has 0 bridgehead atoms. The number of carbonyl (C=O) groups is 1. The average Bonchev–Trinajstić information content (AvgIpc) is 2.23. The standard InChI is InChI=1S/C12H19N3O/c1-3-5-15(4-2)12(16)9-6-10(13)8-11(14)7-9/h6-8H,3-5,13-14H2,1-2H3. The van der Waals surface area contributed by atoms with Gasteiger partial charge in [-0.25, -0.2) is 0 Å². The Morgan fingerprint density at radius 3 is 2.19 bits per heavy atom. The molecule has 0 aliphatic heterocycles. The molecule has 0 saturated carbocycles. The topological polar surface area (TPSA) is 72.3 Å². The molecule has 0 heterocycles. The van der Waals surface area contributed by atoms with Crippen LogP contribution in [0.2, 0.25) is 0 Å². The first-order valence-electron chi connectivity index (χ1n) is 5.53. The van der Waals surface area contributed by atoms with Crippen LogP contribution in [0.5, 0.6) is 0 Å². The molecule has 4 N–H and O–H groups in total. The predicted molar refractivity (Wildman–Crippen MR) is 67.1 cm³/mol. The number of amides is 1. The van der Waals surface area contributed by atoms with Gasteiger partial charge in [-0.2, -0.15) is 0 Å². The Kier molecular flexibility index (Phi) is 4.17. The highest BCUT2D eigenvalue weighted by atomic mass is 16.2. The Morgan fingerprint density at radius 1 is 1.19 bits per heavy atom. The summed E-state index contributed by atoms with van der Waals surface area (Å²) in [5, 5.41) is 0. The first-order valence-corrected chi connectivity index (χ1v) is 5.53. The predicted octanol–water partition coefficient (Wildman–Crippen LogP) is 1.72. The summed E-state index contributed by atoms with van der Waals surface area (Å²) in [4.78, 5) is 13.9. The second-order valence-corrected chi connectivity index (χ2v) is 3.77. The highest BCUT2D eigenvalue weighted by Crippen LogP contribution is 2.15. The fourth-order valence-corrected chi connectivity index (χ4v) is 1.66. The van der Waals surface area contributed by atoms with E-state index in [0.29, 0.717) is 23.5 Å². The third-order valence-corrected chi connectivity index (χ3v) is 2.39. The van der Waals surface area contributed by atoms with Gasteiger partial charge in [0.05, 0.1) is 0 Å². The van der Waals surface area contributed by atoms with Crippen molar-refractivity contribution in [1.82, 2.24) is 4.90 Å². The molecule has 1 aromatic rings. The van der Waals surface area contributed by atoms with Crippen molar-refractivity contribution in [3.63, 3.8) is 0 Å². The van der Waals surface area contributed by atoms with Crippen LogP contribution in [0.15, 0.2) is 18.2 Å². The molecule has 1 amide bonds. The van der Waals surface area contributed by atoms with Crippen molar-refractivity contribution in [2.45, 2.75) is 20.3 Å². The summed E-state index contributed by atoms with van der Waals surface area (Å²) in [6.45, 7) is 5.46. The number of nitrogens with zero attached hydrogens (tertiary/aromatic N) is 1. The SMILES string of the molecule is CCCN(CC)C(=O)c1cc(N)cc(N)c1. The number of carbonyl (C=O) groups excluding carboxylic acids is 1. The molecule has 0 spiro atoms. The van der Waals surface area contributed by atoms with Crippen molar-refractivity contribution in [2.75, 3.05) is 24.6 Å². The normalized spacial score (nSPS) is 10.1. The Hall–Kier alpha value is -1.71. The molecule has 0 saturated heterocycles. The lowest BCUT2D eigenvalue weighted by Crippen LogP contribution is -2.31. The van der Waals surface area contributed by atoms with E-state index in [2.05, 4.69) is 0 Å². The van der Waals surface area contributed by atoms with Gasteiger partial charge in [0.15, 0.2) is 0 Å². The Morgan fingerprint density at radius 2 is 1.75 bits per heavy atom. The maximum absolute atomic E-state index is 12.1. The van der Waals surface area contributed by atoms with Gasteiger partial charge in [0.25, 0.3) is 5.91 Å². The summed E-state index contributed by atoms with van der Waals surface area (Å²) < 4.78 is 0. The largest absolute Gasteiger partial charge is 0.399 e. The summed E-state index contributed by atoms with van der Waals surface area (Å²) in [6, 6.07) is 4.97. The summed E-state index contributed by atoms with van der Waals surface area (Å²) in [5.41, 5.74) is 12.9. The smallest absolute Gasteiger partial charge is 0.253 e. The molecule has 0 atom stereocenters. The highest BCUT2D eigenvalue weighted by Gasteiger charge is 2.13. The summed E-state index contributed by atoms with van der Waals surface area (Å²) in [7, 11) is 0. The molecule has 0 fully saturated rings. The van der Waals surface area contributed by atoms with Gasteiger partial charge >= 0.3 is 0 Å². The molecule has 16 heavy (non-hydrogen) atoms. The van der Waals surface area contributed by atoms with Gasteiger partial charge in [-0.1, -0.05) is 6.92 Å². The minimum atomic E-state index is -0.0108. The number of hydrogen-bond donors (Lipinski definition) is 2. The zero-order valence-corrected chi connectivity index (χ0v) is 9.86. The molecule has 1 rings (SSSR count). The van der Waals surface area contributed by atoms with Crippen LogP contribution < -0.4 is 11.5 Å². The van der Waals surface area contributed by atoms with Gasteiger partial charge in [0, 0.05) is 30.0 Å². The first kappa shape index (κ1) is 12.4. The van der Waals surface area contributed by atoms with E-state index in [4.69, 9.17) is 11.5 Å². The van der Waals surface area contributed by atoms with Gasteiger partial charge in [-0.3, -0.25) is 4.79 Å². The number of anilines is 2. The summed E-state index contributed by atoms with van der Waals surface area (Å²) in [5.74, 6) is -0.0108. The third-order valence-electron chi connectivity index (χ3n) is 2.39. The quantitative estimate of drug-likeness (QED) is 0.760. The van der Waals surface area contributed by atoms with Crippen LogP contribution in [0.4, 0.5) is 11.4 Å².